The molecule has 1 aliphatic rings. The lowest BCUT2D eigenvalue weighted by molar-refractivity contribution is 0.0938. The standard InChI is InChI=1S/C19H26N8O/c1-12-8-14(23-25(12)5)17(28)20-9-13-10-26(11-13)16-7-6-15-21-22-18(19(2,3)4)27(15)24-16/h6-8,13H,9-11H2,1-5H3,(H,20,28). The molecule has 3 aromatic rings. The van der Waals surface area contributed by atoms with Gasteiger partial charge in [-0.15, -0.1) is 15.3 Å². The second kappa shape index (κ2) is 6.57. The van der Waals surface area contributed by atoms with Crippen LogP contribution in [-0.4, -0.2) is 55.1 Å². The van der Waals surface area contributed by atoms with Gasteiger partial charge in [0.2, 0.25) is 0 Å². The second-order valence-corrected chi connectivity index (χ2v) is 8.51. The van der Waals surface area contributed by atoms with E-state index in [4.69, 9.17) is 5.10 Å². The molecule has 1 aliphatic heterocycles. The molecule has 3 aromatic heterocycles. The number of aromatic nitrogens is 6. The minimum absolute atomic E-state index is 0.124. The molecule has 4 rings (SSSR count). The van der Waals surface area contributed by atoms with Gasteiger partial charge in [-0.3, -0.25) is 9.48 Å². The Bertz CT molecular complexity index is 1000. The van der Waals surface area contributed by atoms with Crippen molar-refractivity contribution in [3.63, 3.8) is 0 Å². The van der Waals surface area contributed by atoms with Gasteiger partial charge in [0.1, 0.15) is 11.5 Å². The first-order chi connectivity index (χ1) is 13.2. The van der Waals surface area contributed by atoms with E-state index in [2.05, 4.69) is 46.3 Å². The first-order valence-corrected chi connectivity index (χ1v) is 9.49. The molecule has 1 fully saturated rings. The van der Waals surface area contributed by atoms with Crippen molar-refractivity contribution in [2.75, 3.05) is 24.5 Å². The molecule has 0 aliphatic carbocycles. The molecule has 1 N–H and O–H groups in total. The van der Waals surface area contributed by atoms with Crippen LogP contribution in [0.15, 0.2) is 18.2 Å². The van der Waals surface area contributed by atoms with E-state index in [-0.39, 0.29) is 11.3 Å². The van der Waals surface area contributed by atoms with Gasteiger partial charge in [-0.05, 0) is 25.1 Å². The minimum atomic E-state index is -0.128. The lowest BCUT2D eigenvalue weighted by Crippen LogP contribution is -2.52. The maximum Gasteiger partial charge on any atom is 0.271 e. The molecule has 0 saturated carbocycles. The van der Waals surface area contributed by atoms with Crippen LogP contribution in [0.5, 0.6) is 0 Å². The Morgan fingerprint density at radius 1 is 1.21 bits per heavy atom. The fourth-order valence-corrected chi connectivity index (χ4v) is 3.30. The van der Waals surface area contributed by atoms with Crippen molar-refractivity contribution in [2.45, 2.75) is 33.1 Å². The maximum atomic E-state index is 12.2. The second-order valence-electron chi connectivity index (χ2n) is 8.51. The number of hydrogen-bond acceptors (Lipinski definition) is 6. The highest BCUT2D eigenvalue weighted by Gasteiger charge is 2.29. The third-order valence-corrected chi connectivity index (χ3v) is 5.10. The van der Waals surface area contributed by atoms with Gasteiger partial charge in [-0.25, -0.2) is 0 Å². The molecule has 9 heteroatoms. The average Bonchev–Trinajstić information content (AvgIpc) is 3.16. The third kappa shape index (κ3) is 3.32. The Morgan fingerprint density at radius 3 is 2.61 bits per heavy atom. The molecule has 0 radical (unpaired) electrons. The molecule has 1 amide bonds. The zero-order valence-corrected chi connectivity index (χ0v) is 17.0. The zero-order valence-electron chi connectivity index (χ0n) is 17.0. The molecule has 0 unspecified atom stereocenters. The monoisotopic (exact) mass is 382 g/mol. The molecule has 28 heavy (non-hydrogen) atoms. The van der Waals surface area contributed by atoms with Crippen LogP contribution in [0.25, 0.3) is 5.65 Å². The summed E-state index contributed by atoms with van der Waals surface area (Å²) in [7, 11) is 1.83. The van der Waals surface area contributed by atoms with E-state index in [1.807, 2.05) is 30.6 Å². The number of hydrogen-bond donors (Lipinski definition) is 1. The predicted octanol–water partition coefficient (Wildman–Crippen LogP) is 1.33. The number of amides is 1. The first-order valence-electron chi connectivity index (χ1n) is 9.49. The summed E-state index contributed by atoms with van der Waals surface area (Å²) in [5.41, 5.74) is 2.05. The fraction of sp³-hybridized carbons (Fsp3) is 0.526. The summed E-state index contributed by atoms with van der Waals surface area (Å²) in [4.78, 5) is 14.4. The Balaban J connectivity index is 1.36. The summed E-state index contributed by atoms with van der Waals surface area (Å²) in [5, 5.41) is 20.4. The molecule has 0 bridgehead atoms. The van der Waals surface area contributed by atoms with E-state index in [1.165, 1.54) is 0 Å². The largest absolute Gasteiger partial charge is 0.354 e. The SMILES string of the molecule is Cc1cc(C(=O)NCC2CN(c3ccc4nnc(C(C)(C)C)n4n3)C2)nn1C. The van der Waals surface area contributed by atoms with Gasteiger partial charge in [0.15, 0.2) is 11.5 Å². The summed E-state index contributed by atoms with van der Waals surface area (Å²) >= 11 is 0. The number of anilines is 1. The quantitative estimate of drug-likeness (QED) is 0.732. The van der Waals surface area contributed by atoms with E-state index in [1.54, 1.807) is 10.7 Å². The highest BCUT2D eigenvalue weighted by atomic mass is 16.1. The van der Waals surface area contributed by atoms with Crippen LogP contribution in [0.3, 0.4) is 0 Å². The summed E-state index contributed by atoms with van der Waals surface area (Å²) in [6.45, 7) is 10.6. The van der Waals surface area contributed by atoms with Crippen molar-refractivity contribution in [1.29, 1.82) is 0 Å². The highest BCUT2D eigenvalue weighted by Crippen LogP contribution is 2.25. The van der Waals surface area contributed by atoms with Gasteiger partial charge in [-0.1, -0.05) is 20.8 Å². The van der Waals surface area contributed by atoms with Gasteiger partial charge in [0.25, 0.3) is 5.91 Å². The van der Waals surface area contributed by atoms with Crippen molar-refractivity contribution >= 4 is 17.4 Å². The molecular formula is C19H26N8O. The van der Waals surface area contributed by atoms with Gasteiger partial charge in [0, 0.05) is 43.7 Å². The number of rotatable bonds is 4. The van der Waals surface area contributed by atoms with Crippen LogP contribution in [0.4, 0.5) is 5.82 Å². The van der Waals surface area contributed by atoms with Crippen LogP contribution in [0.2, 0.25) is 0 Å². The zero-order chi connectivity index (χ0) is 20.1. The van der Waals surface area contributed by atoms with Crippen LogP contribution in [0.1, 0.15) is 42.8 Å². The van der Waals surface area contributed by atoms with Crippen LogP contribution >= 0.6 is 0 Å². The molecule has 1 saturated heterocycles. The van der Waals surface area contributed by atoms with E-state index in [0.717, 1.165) is 36.1 Å². The van der Waals surface area contributed by atoms with Crippen LogP contribution in [0, 0.1) is 12.8 Å². The number of carbonyl (C=O) groups excluding carboxylic acids is 1. The lowest BCUT2D eigenvalue weighted by atomic mass is 9.96. The number of carbonyl (C=O) groups is 1. The topological polar surface area (TPSA) is 93.2 Å². The van der Waals surface area contributed by atoms with E-state index >= 15 is 0 Å². The molecule has 9 nitrogen and oxygen atoms in total. The average molecular weight is 382 g/mol. The molecule has 0 atom stereocenters. The minimum Gasteiger partial charge on any atom is -0.354 e. The first kappa shape index (κ1) is 18.4. The van der Waals surface area contributed by atoms with Crippen molar-refractivity contribution in [1.82, 2.24) is 34.9 Å². The third-order valence-electron chi connectivity index (χ3n) is 5.10. The lowest BCUT2D eigenvalue weighted by Gasteiger charge is -2.40. The number of nitrogens with zero attached hydrogens (tertiary/aromatic N) is 7. The molecule has 0 spiro atoms. The van der Waals surface area contributed by atoms with Crippen LogP contribution < -0.4 is 10.2 Å². The van der Waals surface area contributed by atoms with Gasteiger partial charge < -0.3 is 10.2 Å². The van der Waals surface area contributed by atoms with Crippen LogP contribution in [-0.2, 0) is 12.5 Å². The molecule has 0 aromatic carbocycles. The van der Waals surface area contributed by atoms with E-state index < -0.39 is 0 Å². The number of fused-ring (bicyclic) bond motifs is 1. The van der Waals surface area contributed by atoms with Gasteiger partial charge in [0.05, 0.1) is 0 Å². The Morgan fingerprint density at radius 2 is 1.96 bits per heavy atom. The summed E-state index contributed by atoms with van der Waals surface area (Å²) in [5.74, 6) is 2.02. The maximum absolute atomic E-state index is 12.2. The normalized spacial score (nSPS) is 15.1. The molecular weight excluding hydrogens is 356 g/mol. The smallest absolute Gasteiger partial charge is 0.271 e. The van der Waals surface area contributed by atoms with Crippen molar-refractivity contribution < 1.29 is 4.79 Å². The van der Waals surface area contributed by atoms with Crippen molar-refractivity contribution in [3.05, 3.63) is 35.4 Å². The predicted molar refractivity (Wildman–Crippen MR) is 105 cm³/mol. The number of nitrogens with one attached hydrogen (secondary N) is 1. The summed E-state index contributed by atoms with van der Waals surface area (Å²) in [6, 6.07) is 5.72. The van der Waals surface area contributed by atoms with E-state index in [9.17, 15) is 4.79 Å². The Labute approximate surface area is 163 Å². The summed E-state index contributed by atoms with van der Waals surface area (Å²) < 4.78 is 3.53. The molecule has 4 heterocycles. The fourth-order valence-electron chi connectivity index (χ4n) is 3.30. The molecule has 148 valence electrons. The van der Waals surface area contributed by atoms with E-state index in [0.29, 0.717) is 18.2 Å². The summed E-state index contributed by atoms with van der Waals surface area (Å²) in [6.07, 6.45) is 0. The number of aryl methyl sites for hydroxylation is 2. The highest BCUT2D eigenvalue weighted by molar-refractivity contribution is 5.92. The van der Waals surface area contributed by atoms with Gasteiger partial charge >= 0.3 is 0 Å². The van der Waals surface area contributed by atoms with Crippen molar-refractivity contribution in [3.8, 4) is 0 Å². The Kier molecular flexibility index (Phi) is 4.32. The van der Waals surface area contributed by atoms with Crippen molar-refractivity contribution in [2.24, 2.45) is 13.0 Å². The Hall–Kier alpha value is -2.97. The van der Waals surface area contributed by atoms with Gasteiger partial charge in [-0.2, -0.15) is 9.61 Å².